The second-order valence-electron chi connectivity index (χ2n) is 5.55. The van der Waals surface area contributed by atoms with Crippen molar-refractivity contribution in [1.29, 1.82) is 5.26 Å². The number of hydrogen-bond acceptors (Lipinski definition) is 5. The van der Waals surface area contributed by atoms with Gasteiger partial charge in [0.25, 0.3) is 11.7 Å². The Balaban J connectivity index is 1.79. The van der Waals surface area contributed by atoms with E-state index < -0.39 is 11.7 Å². The van der Waals surface area contributed by atoms with Crippen LogP contribution in [0.5, 0.6) is 5.75 Å². The number of halogens is 2. The van der Waals surface area contributed by atoms with Gasteiger partial charge in [0.15, 0.2) is 11.3 Å². The fourth-order valence-electron chi connectivity index (χ4n) is 2.50. The number of alkyl halides is 2. The van der Waals surface area contributed by atoms with E-state index in [-0.39, 0.29) is 5.57 Å². The molecule has 3 aromatic rings. The highest BCUT2D eigenvalue weighted by Crippen LogP contribution is 2.29. The summed E-state index contributed by atoms with van der Waals surface area (Å²) in [5.74, 6) is -2.28. The van der Waals surface area contributed by atoms with Gasteiger partial charge >= 0.3 is 0 Å². The van der Waals surface area contributed by atoms with Crippen molar-refractivity contribution in [2.24, 2.45) is 0 Å². The van der Waals surface area contributed by atoms with Gasteiger partial charge in [-0.1, -0.05) is 23.9 Å². The maximum Gasteiger partial charge on any atom is 0.288 e. The lowest BCUT2D eigenvalue weighted by Crippen LogP contribution is -2.13. The van der Waals surface area contributed by atoms with Crippen LogP contribution in [0.15, 0.2) is 63.4 Å². The number of rotatable bonds is 6. The molecule has 0 aliphatic heterocycles. The first-order chi connectivity index (χ1) is 13.5. The molecular formula is C20H14F2N2O3S. The molecule has 1 aromatic heterocycles. The molecule has 28 heavy (non-hydrogen) atoms. The number of thioether (sulfide) groups is 1. The average molecular weight is 400 g/mol. The molecule has 1 heterocycles. The molecule has 2 aromatic carbocycles. The third kappa shape index (κ3) is 4.50. The summed E-state index contributed by atoms with van der Waals surface area (Å²) < 4.78 is 35.6. The van der Waals surface area contributed by atoms with Gasteiger partial charge in [-0.25, -0.2) is 0 Å². The molecule has 0 aliphatic rings. The minimum Gasteiger partial charge on any atom is -0.493 e. The summed E-state index contributed by atoms with van der Waals surface area (Å²) in [5.41, 5.74) is 0.737. The molecule has 1 amide bonds. The average Bonchev–Trinajstić information content (AvgIpc) is 3.09. The number of anilines is 1. The summed E-state index contributed by atoms with van der Waals surface area (Å²) in [7, 11) is 1.52. The lowest BCUT2D eigenvalue weighted by Gasteiger charge is -2.05. The highest BCUT2D eigenvalue weighted by Gasteiger charge is 2.13. The van der Waals surface area contributed by atoms with Crippen molar-refractivity contribution in [1.82, 2.24) is 0 Å². The quantitative estimate of drug-likeness (QED) is 0.345. The van der Waals surface area contributed by atoms with Crippen LogP contribution in [-0.2, 0) is 4.79 Å². The summed E-state index contributed by atoms with van der Waals surface area (Å²) >= 11 is 0.411. The number of hydrogen-bond donors (Lipinski definition) is 1. The van der Waals surface area contributed by atoms with Gasteiger partial charge in [0, 0.05) is 22.0 Å². The number of carbonyl (C=O) groups is 1. The second-order valence-corrected chi connectivity index (χ2v) is 6.62. The number of nitriles is 1. The molecule has 3 rings (SSSR count). The van der Waals surface area contributed by atoms with E-state index in [1.807, 2.05) is 12.1 Å². The monoisotopic (exact) mass is 400 g/mol. The van der Waals surface area contributed by atoms with Gasteiger partial charge in [-0.15, -0.1) is 0 Å². The second kappa shape index (κ2) is 8.59. The Bertz CT molecular complexity index is 1070. The Morgan fingerprint density at radius 1 is 1.29 bits per heavy atom. The summed E-state index contributed by atoms with van der Waals surface area (Å²) in [6.07, 6.45) is 1.33. The Labute approximate surface area is 163 Å². The van der Waals surface area contributed by atoms with Crippen molar-refractivity contribution in [3.05, 3.63) is 59.9 Å². The van der Waals surface area contributed by atoms with Crippen LogP contribution in [0.2, 0.25) is 0 Å². The number of ether oxygens (including phenoxy) is 1. The maximum absolute atomic E-state index is 12.4. The molecule has 0 atom stereocenters. The molecule has 0 unspecified atom stereocenters. The van der Waals surface area contributed by atoms with Gasteiger partial charge in [0.05, 0.1) is 7.11 Å². The van der Waals surface area contributed by atoms with Crippen molar-refractivity contribution in [2.45, 2.75) is 10.7 Å². The van der Waals surface area contributed by atoms with Crippen molar-refractivity contribution in [2.75, 3.05) is 12.4 Å². The molecule has 0 saturated heterocycles. The molecule has 5 nitrogen and oxygen atoms in total. The number of nitrogens with zero attached hydrogens (tertiary/aromatic N) is 1. The fraction of sp³-hybridized carbons (Fsp3) is 0.100. The molecule has 0 radical (unpaired) electrons. The molecule has 0 bridgehead atoms. The highest BCUT2D eigenvalue weighted by atomic mass is 32.2. The molecular weight excluding hydrogens is 386 g/mol. The number of methoxy groups -OCH3 is 1. The number of carbonyl (C=O) groups excluding carboxylic acids is 1. The molecule has 1 N–H and O–H groups in total. The third-order valence-electron chi connectivity index (χ3n) is 3.74. The van der Waals surface area contributed by atoms with Gasteiger partial charge in [-0.3, -0.25) is 4.79 Å². The first-order valence-corrected chi connectivity index (χ1v) is 8.92. The van der Waals surface area contributed by atoms with Crippen LogP contribution in [0.4, 0.5) is 14.5 Å². The predicted octanol–water partition coefficient (Wildman–Crippen LogP) is 5.30. The largest absolute Gasteiger partial charge is 0.493 e. The van der Waals surface area contributed by atoms with Gasteiger partial charge < -0.3 is 14.5 Å². The minimum absolute atomic E-state index is 0.163. The van der Waals surface area contributed by atoms with Gasteiger partial charge in [0.2, 0.25) is 0 Å². The Hall–Kier alpha value is -3.31. The zero-order valence-electron chi connectivity index (χ0n) is 14.6. The number of benzene rings is 2. The summed E-state index contributed by atoms with van der Waals surface area (Å²) in [4.78, 5) is 12.7. The molecule has 0 saturated carbocycles. The highest BCUT2D eigenvalue weighted by molar-refractivity contribution is 7.99. The molecule has 0 spiro atoms. The fourth-order valence-corrected chi connectivity index (χ4v) is 3.00. The van der Waals surface area contributed by atoms with E-state index in [0.29, 0.717) is 39.4 Å². The molecule has 0 fully saturated rings. The number of nitrogens with one attached hydrogen (secondary N) is 1. The molecule has 0 aliphatic carbocycles. The number of para-hydroxylation sites is 1. The van der Waals surface area contributed by atoms with E-state index in [9.17, 15) is 18.8 Å². The van der Waals surface area contributed by atoms with Gasteiger partial charge in [-0.2, -0.15) is 14.0 Å². The topological polar surface area (TPSA) is 75.3 Å². The van der Waals surface area contributed by atoms with Crippen molar-refractivity contribution < 1.29 is 22.7 Å². The van der Waals surface area contributed by atoms with Gasteiger partial charge in [0.1, 0.15) is 17.4 Å². The SMILES string of the molecule is COc1cccc2cc(/C=C(\C#N)C(=O)Nc3ccc(SC(F)F)cc3)oc12. The van der Waals surface area contributed by atoms with E-state index in [1.54, 1.807) is 18.2 Å². The Morgan fingerprint density at radius 2 is 2.04 bits per heavy atom. The zero-order chi connectivity index (χ0) is 20.1. The van der Waals surface area contributed by atoms with Gasteiger partial charge in [-0.05, 0) is 36.4 Å². The van der Waals surface area contributed by atoms with Crippen LogP contribution in [0.1, 0.15) is 5.76 Å². The minimum atomic E-state index is -2.52. The van der Waals surface area contributed by atoms with Crippen LogP contribution in [0.3, 0.4) is 0 Å². The van der Waals surface area contributed by atoms with E-state index in [4.69, 9.17) is 9.15 Å². The summed E-state index contributed by atoms with van der Waals surface area (Å²) in [6, 6.07) is 14.8. The number of furan rings is 1. The van der Waals surface area contributed by atoms with Crippen molar-refractivity contribution in [3.8, 4) is 11.8 Å². The lowest BCUT2D eigenvalue weighted by atomic mass is 10.2. The molecule has 8 heteroatoms. The Kier molecular flexibility index (Phi) is 5.96. The van der Waals surface area contributed by atoms with E-state index in [0.717, 1.165) is 5.39 Å². The zero-order valence-corrected chi connectivity index (χ0v) is 15.4. The van der Waals surface area contributed by atoms with E-state index in [1.165, 1.54) is 37.5 Å². The smallest absolute Gasteiger partial charge is 0.288 e. The van der Waals surface area contributed by atoms with Crippen LogP contribution < -0.4 is 10.1 Å². The lowest BCUT2D eigenvalue weighted by molar-refractivity contribution is -0.112. The van der Waals surface area contributed by atoms with Crippen molar-refractivity contribution >= 4 is 40.4 Å². The van der Waals surface area contributed by atoms with Crippen LogP contribution in [-0.4, -0.2) is 18.8 Å². The Morgan fingerprint density at radius 3 is 2.68 bits per heavy atom. The maximum atomic E-state index is 12.4. The van der Waals surface area contributed by atoms with Crippen molar-refractivity contribution in [3.63, 3.8) is 0 Å². The normalized spacial score (nSPS) is 11.5. The summed E-state index contributed by atoms with van der Waals surface area (Å²) in [6.45, 7) is 0. The number of fused-ring (bicyclic) bond motifs is 1. The van der Waals surface area contributed by atoms with E-state index >= 15 is 0 Å². The third-order valence-corrected chi connectivity index (χ3v) is 4.46. The van der Waals surface area contributed by atoms with Crippen LogP contribution >= 0.6 is 11.8 Å². The van der Waals surface area contributed by atoms with Crippen LogP contribution in [0.25, 0.3) is 17.0 Å². The van der Waals surface area contributed by atoms with Crippen LogP contribution in [0, 0.1) is 11.3 Å². The predicted molar refractivity (Wildman–Crippen MR) is 103 cm³/mol. The van der Waals surface area contributed by atoms with E-state index in [2.05, 4.69) is 5.32 Å². The summed E-state index contributed by atoms with van der Waals surface area (Å²) in [5, 5.41) is 12.7. The first-order valence-electron chi connectivity index (χ1n) is 8.04. The first kappa shape index (κ1) is 19.5. The standard InChI is InChI=1S/C20H14F2N2O3S/c1-26-17-4-2-3-12-9-15(27-18(12)17)10-13(11-23)19(25)24-14-5-7-16(8-6-14)28-20(21)22/h2-10,20H,1H3,(H,24,25)/b13-10+. The number of amides is 1. The molecule has 142 valence electrons.